The number of aromatic nitrogens is 2. The van der Waals surface area contributed by atoms with Crippen LogP contribution in [0, 0.1) is 6.92 Å². The van der Waals surface area contributed by atoms with Crippen LogP contribution < -0.4 is 10.7 Å². The first-order valence-corrected chi connectivity index (χ1v) is 10.0. The summed E-state index contributed by atoms with van der Waals surface area (Å²) in [7, 11) is 0. The Morgan fingerprint density at radius 1 is 0.906 bits per heavy atom. The normalized spacial score (nSPS) is 10.8. The molecule has 0 saturated carbocycles. The number of rotatable bonds is 5. The number of aryl methyl sites for hydroxylation is 1. The highest BCUT2D eigenvalue weighted by molar-refractivity contribution is 6.39. The third-order valence-corrected chi connectivity index (χ3v) is 4.66. The highest BCUT2D eigenvalue weighted by Crippen LogP contribution is 2.22. The molecule has 4 aromatic rings. The second-order valence-electron chi connectivity index (χ2n) is 7.10. The zero-order valence-corrected chi connectivity index (χ0v) is 17.4. The topological polar surface area (TPSA) is 88.4 Å². The van der Waals surface area contributed by atoms with Gasteiger partial charge in [-0.15, -0.1) is 0 Å². The lowest BCUT2D eigenvalue weighted by atomic mass is 10.1. The van der Waals surface area contributed by atoms with Crippen molar-refractivity contribution >= 4 is 23.7 Å². The number of anilines is 1. The first-order chi connectivity index (χ1) is 15.6. The number of nitrogens with zero attached hydrogens (tertiary/aromatic N) is 3. The fraction of sp³-hybridized carbons (Fsp3) is 0.0400. The van der Waals surface area contributed by atoms with Crippen molar-refractivity contribution in [2.24, 2.45) is 5.10 Å². The molecule has 158 valence electrons. The predicted molar refractivity (Wildman–Crippen MR) is 125 cm³/mol. The van der Waals surface area contributed by atoms with Gasteiger partial charge < -0.3 is 5.32 Å². The molecule has 7 heteroatoms. The Bertz CT molecular complexity index is 1260. The lowest BCUT2D eigenvalue weighted by Gasteiger charge is -2.04. The van der Waals surface area contributed by atoms with E-state index in [2.05, 4.69) is 20.9 Å². The van der Waals surface area contributed by atoms with E-state index < -0.39 is 11.8 Å². The molecule has 0 fully saturated rings. The first kappa shape index (κ1) is 20.7. The molecule has 2 amide bonds. The molecule has 1 heterocycles. The molecule has 0 unspecified atom stereocenters. The molecule has 32 heavy (non-hydrogen) atoms. The van der Waals surface area contributed by atoms with Crippen LogP contribution in [0.5, 0.6) is 0 Å². The number of hydrogen-bond acceptors (Lipinski definition) is 4. The van der Waals surface area contributed by atoms with Crippen molar-refractivity contribution in [3.63, 3.8) is 0 Å². The van der Waals surface area contributed by atoms with Crippen LogP contribution in [0.2, 0.25) is 0 Å². The predicted octanol–water partition coefficient (Wildman–Crippen LogP) is 3.94. The van der Waals surface area contributed by atoms with E-state index in [0.29, 0.717) is 16.9 Å². The van der Waals surface area contributed by atoms with Gasteiger partial charge in [0.05, 0.1) is 11.9 Å². The lowest BCUT2D eigenvalue weighted by Crippen LogP contribution is -2.32. The summed E-state index contributed by atoms with van der Waals surface area (Å²) in [5.41, 5.74) is 7.00. The summed E-state index contributed by atoms with van der Waals surface area (Å²) in [6.45, 7) is 1.90. The molecular weight excluding hydrogens is 402 g/mol. The van der Waals surface area contributed by atoms with Crippen LogP contribution in [0.3, 0.4) is 0 Å². The second-order valence-corrected chi connectivity index (χ2v) is 7.10. The van der Waals surface area contributed by atoms with Crippen molar-refractivity contribution in [1.29, 1.82) is 0 Å². The molecule has 3 aromatic carbocycles. The van der Waals surface area contributed by atoms with E-state index in [0.717, 1.165) is 16.8 Å². The summed E-state index contributed by atoms with van der Waals surface area (Å²) in [4.78, 5) is 24.3. The number of benzene rings is 3. The van der Waals surface area contributed by atoms with E-state index in [4.69, 9.17) is 0 Å². The Balaban J connectivity index is 1.52. The highest BCUT2D eigenvalue weighted by atomic mass is 16.2. The second kappa shape index (κ2) is 9.53. The fourth-order valence-corrected chi connectivity index (χ4v) is 3.14. The Kier molecular flexibility index (Phi) is 6.17. The van der Waals surface area contributed by atoms with Gasteiger partial charge in [-0.2, -0.15) is 10.2 Å². The maximum Gasteiger partial charge on any atom is 0.329 e. The number of hydrogen-bond donors (Lipinski definition) is 2. The molecule has 0 spiro atoms. The maximum absolute atomic E-state index is 12.1. The maximum atomic E-state index is 12.1. The summed E-state index contributed by atoms with van der Waals surface area (Å²) in [6.07, 6.45) is 3.30. The Morgan fingerprint density at radius 3 is 2.34 bits per heavy atom. The third kappa shape index (κ3) is 4.96. The van der Waals surface area contributed by atoms with Gasteiger partial charge in [-0.3, -0.25) is 9.59 Å². The third-order valence-electron chi connectivity index (χ3n) is 4.66. The average Bonchev–Trinajstić information content (AvgIpc) is 3.24. The molecule has 0 aliphatic heterocycles. The minimum Gasteiger partial charge on any atom is -0.318 e. The van der Waals surface area contributed by atoms with Crippen molar-refractivity contribution in [1.82, 2.24) is 15.2 Å². The Hall–Kier alpha value is -4.52. The van der Waals surface area contributed by atoms with E-state index in [9.17, 15) is 9.59 Å². The van der Waals surface area contributed by atoms with Gasteiger partial charge in [0.1, 0.15) is 5.69 Å². The van der Waals surface area contributed by atoms with Gasteiger partial charge in [0.2, 0.25) is 0 Å². The van der Waals surface area contributed by atoms with E-state index in [1.807, 2.05) is 79.9 Å². The molecule has 0 saturated heterocycles. The fourth-order valence-electron chi connectivity index (χ4n) is 3.14. The van der Waals surface area contributed by atoms with E-state index >= 15 is 0 Å². The van der Waals surface area contributed by atoms with Crippen molar-refractivity contribution in [3.8, 4) is 16.9 Å². The average molecular weight is 423 g/mol. The number of para-hydroxylation sites is 1. The van der Waals surface area contributed by atoms with E-state index in [-0.39, 0.29) is 0 Å². The van der Waals surface area contributed by atoms with E-state index in [1.54, 1.807) is 22.9 Å². The molecule has 4 rings (SSSR count). The van der Waals surface area contributed by atoms with Crippen LogP contribution in [0.1, 0.15) is 11.1 Å². The zero-order chi connectivity index (χ0) is 22.3. The van der Waals surface area contributed by atoms with Gasteiger partial charge in [0.15, 0.2) is 0 Å². The molecule has 1 aromatic heterocycles. The molecule has 0 aliphatic rings. The van der Waals surface area contributed by atoms with Crippen LogP contribution in [0.4, 0.5) is 5.69 Å². The monoisotopic (exact) mass is 423 g/mol. The van der Waals surface area contributed by atoms with Crippen molar-refractivity contribution in [2.45, 2.75) is 6.92 Å². The molecule has 2 N–H and O–H groups in total. The van der Waals surface area contributed by atoms with Gasteiger partial charge in [0, 0.05) is 23.0 Å². The Labute approximate surface area is 185 Å². The van der Waals surface area contributed by atoms with Crippen molar-refractivity contribution < 1.29 is 9.59 Å². The number of nitrogens with one attached hydrogen (secondary N) is 2. The largest absolute Gasteiger partial charge is 0.329 e. The van der Waals surface area contributed by atoms with Crippen LogP contribution >= 0.6 is 0 Å². The van der Waals surface area contributed by atoms with Gasteiger partial charge >= 0.3 is 11.8 Å². The SMILES string of the molecule is Cc1cccc(NC(=O)C(=O)N/N=C\c2cn(-c3ccccc3)nc2-c2ccccc2)c1. The summed E-state index contributed by atoms with van der Waals surface area (Å²) < 4.78 is 1.75. The van der Waals surface area contributed by atoms with Gasteiger partial charge in [0.25, 0.3) is 0 Å². The van der Waals surface area contributed by atoms with Crippen LogP contribution in [0.15, 0.2) is 96.2 Å². The standard InChI is InChI=1S/C25H21N5O2/c1-18-9-8-12-21(15-18)27-24(31)25(32)28-26-16-20-17-30(22-13-6-3-7-14-22)29-23(20)19-10-4-2-5-11-19/h2-17H,1H3,(H,27,31)(H,28,32)/b26-16-. The van der Waals surface area contributed by atoms with Gasteiger partial charge in [-0.25, -0.2) is 10.1 Å². The zero-order valence-electron chi connectivity index (χ0n) is 17.4. The number of hydrazone groups is 1. The quantitative estimate of drug-likeness (QED) is 0.290. The van der Waals surface area contributed by atoms with Crippen LogP contribution in [-0.2, 0) is 9.59 Å². The lowest BCUT2D eigenvalue weighted by molar-refractivity contribution is -0.136. The molecule has 0 atom stereocenters. The number of carbonyl (C=O) groups is 2. The highest BCUT2D eigenvalue weighted by Gasteiger charge is 2.14. The summed E-state index contributed by atoms with van der Waals surface area (Å²) >= 11 is 0. The molecule has 0 bridgehead atoms. The number of carbonyl (C=O) groups excluding carboxylic acids is 2. The molecule has 0 radical (unpaired) electrons. The van der Waals surface area contributed by atoms with E-state index in [1.165, 1.54) is 6.21 Å². The van der Waals surface area contributed by atoms with Crippen molar-refractivity contribution in [2.75, 3.05) is 5.32 Å². The smallest absolute Gasteiger partial charge is 0.318 e. The number of amides is 2. The molecular formula is C25H21N5O2. The summed E-state index contributed by atoms with van der Waals surface area (Å²) in [5.74, 6) is -1.66. The minimum atomic E-state index is -0.862. The molecule has 0 aliphatic carbocycles. The first-order valence-electron chi connectivity index (χ1n) is 10.0. The minimum absolute atomic E-state index is 0.546. The van der Waals surface area contributed by atoms with Crippen LogP contribution in [-0.4, -0.2) is 27.8 Å². The van der Waals surface area contributed by atoms with Gasteiger partial charge in [-0.05, 0) is 36.8 Å². The van der Waals surface area contributed by atoms with Crippen molar-refractivity contribution in [3.05, 3.63) is 102 Å². The summed E-state index contributed by atoms with van der Waals surface area (Å²) in [5, 5.41) is 11.2. The summed E-state index contributed by atoms with van der Waals surface area (Å²) in [6, 6.07) is 26.6. The molecule has 7 nitrogen and oxygen atoms in total. The van der Waals surface area contributed by atoms with Gasteiger partial charge in [-0.1, -0.05) is 60.7 Å². The van der Waals surface area contributed by atoms with Crippen LogP contribution in [0.25, 0.3) is 16.9 Å². The Morgan fingerprint density at radius 2 is 1.62 bits per heavy atom.